The highest BCUT2D eigenvalue weighted by atomic mass is 32.2. The Hall–Kier alpha value is -4.04. The molecule has 2 amide bonds. The maximum atomic E-state index is 13.8. The summed E-state index contributed by atoms with van der Waals surface area (Å²) in [6, 6.07) is 27.9. The number of alkyl carbamates (subject to hydrolysis) is 1. The third-order valence-corrected chi connectivity index (χ3v) is 8.46. The zero-order valence-electron chi connectivity index (χ0n) is 21.6. The molecule has 2 aliphatic rings. The molecule has 5 rings (SSSR count). The molecule has 200 valence electrons. The molecule has 2 saturated heterocycles. The van der Waals surface area contributed by atoms with Crippen LogP contribution in [-0.2, 0) is 25.7 Å². The van der Waals surface area contributed by atoms with Crippen LogP contribution in [0.15, 0.2) is 103 Å². The lowest BCUT2D eigenvalue weighted by atomic mass is 9.86. The van der Waals surface area contributed by atoms with Crippen LogP contribution in [0.5, 0.6) is 0 Å². The van der Waals surface area contributed by atoms with Crippen molar-refractivity contribution in [3.05, 3.63) is 120 Å². The number of allylic oxidation sites excluding steroid dienone is 1. The van der Waals surface area contributed by atoms with Gasteiger partial charge < -0.3 is 19.7 Å². The van der Waals surface area contributed by atoms with Crippen LogP contribution >= 0.6 is 11.8 Å². The summed E-state index contributed by atoms with van der Waals surface area (Å²) < 4.78 is 11.5. The molecule has 0 aliphatic carbocycles. The summed E-state index contributed by atoms with van der Waals surface area (Å²) in [6.07, 6.45) is 2.43. The summed E-state index contributed by atoms with van der Waals surface area (Å²) in [5.41, 5.74) is 1.59. The summed E-state index contributed by atoms with van der Waals surface area (Å²) in [7, 11) is 0. The third-order valence-electron chi connectivity index (χ3n) is 6.91. The monoisotopic (exact) mass is 542 g/mol. The van der Waals surface area contributed by atoms with Gasteiger partial charge in [0.2, 0.25) is 5.91 Å². The van der Waals surface area contributed by atoms with E-state index < -0.39 is 29.6 Å². The van der Waals surface area contributed by atoms with Crippen molar-refractivity contribution in [1.82, 2.24) is 10.2 Å². The van der Waals surface area contributed by atoms with Gasteiger partial charge in [-0.1, -0.05) is 103 Å². The molecular weight excluding hydrogens is 512 g/mol. The zero-order chi connectivity index (χ0) is 27.2. The number of carbonyl (C=O) groups is 3. The van der Waals surface area contributed by atoms with Crippen molar-refractivity contribution in [3.8, 4) is 0 Å². The first-order valence-electron chi connectivity index (χ1n) is 12.8. The Bertz CT molecular complexity index is 1300. The molecule has 0 radical (unpaired) electrons. The molecular formula is C31H30N2O5S. The van der Waals surface area contributed by atoms with Gasteiger partial charge in [-0.3, -0.25) is 9.59 Å². The van der Waals surface area contributed by atoms with E-state index in [1.807, 2.05) is 110 Å². The van der Waals surface area contributed by atoms with E-state index in [1.54, 1.807) is 4.90 Å². The predicted molar refractivity (Wildman–Crippen MR) is 150 cm³/mol. The number of nitrogens with one attached hydrogen (secondary N) is 1. The van der Waals surface area contributed by atoms with E-state index in [0.717, 1.165) is 16.7 Å². The highest BCUT2D eigenvalue weighted by Crippen LogP contribution is 2.44. The highest BCUT2D eigenvalue weighted by molar-refractivity contribution is 8.00. The Morgan fingerprint density at radius 2 is 1.59 bits per heavy atom. The van der Waals surface area contributed by atoms with Gasteiger partial charge in [0.05, 0.1) is 0 Å². The fourth-order valence-electron chi connectivity index (χ4n) is 4.91. The summed E-state index contributed by atoms with van der Waals surface area (Å²) >= 11 is 1.46. The standard InChI is InChI=1S/C31H30N2O5S/c1-2-18-31(29(35)38-26(23-14-8-4-9-15-23)24-16-10-5-11-17-24)20-33-27(34)25(28(33)39-21-31)32-30(36)37-19-22-12-6-3-7-13-22/h2-18,25-26,28H,19-21H2,1H3,(H,32,36)/t25?,28-,31?/m1/s1. The van der Waals surface area contributed by atoms with Crippen LogP contribution in [0.4, 0.5) is 4.79 Å². The van der Waals surface area contributed by atoms with Crippen molar-refractivity contribution in [3.63, 3.8) is 0 Å². The number of hydrogen-bond acceptors (Lipinski definition) is 6. The molecule has 1 N–H and O–H groups in total. The number of ether oxygens (including phenoxy) is 2. The molecule has 8 heteroatoms. The van der Waals surface area contributed by atoms with Crippen molar-refractivity contribution in [2.24, 2.45) is 5.41 Å². The van der Waals surface area contributed by atoms with Crippen molar-refractivity contribution in [2.75, 3.05) is 12.3 Å². The molecule has 3 aromatic rings. The lowest BCUT2D eigenvalue weighted by molar-refractivity contribution is -0.161. The van der Waals surface area contributed by atoms with Crippen molar-refractivity contribution in [1.29, 1.82) is 0 Å². The smallest absolute Gasteiger partial charge is 0.408 e. The SMILES string of the molecule is CC=CC1(C(=O)OC(c2ccccc2)c2ccccc2)CS[C@@H]2C(NC(=O)OCc3ccccc3)C(=O)N2C1. The summed E-state index contributed by atoms with van der Waals surface area (Å²) in [5, 5.41) is 2.42. The van der Waals surface area contributed by atoms with Crippen molar-refractivity contribution in [2.45, 2.75) is 31.1 Å². The number of β-lactam (4-membered cyclic amide) rings is 1. The molecule has 0 bridgehead atoms. The van der Waals surface area contributed by atoms with Gasteiger partial charge in [-0.25, -0.2) is 4.79 Å². The van der Waals surface area contributed by atoms with Crippen LogP contribution in [0.2, 0.25) is 0 Å². The second-order valence-electron chi connectivity index (χ2n) is 9.61. The van der Waals surface area contributed by atoms with E-state index in [1.165, 1.54) is 11.8 Å². The highest BCUT2D eigenvalue weighted by Gasteiger charge is 2.57. The fraction of sp³-hybridized carbons (Fsp3) is 0.258. The number of rotatable bonds is 8. The maximum Gasteiger partial charge on any atom is 0.408 e. The molecule has 2 aliphatic heterocycles. The van der Waals surface area contributed by atoms with Gasteiger partial charge in [0.1, 0.15) is 23.4 Å². The van der Waals surface area contributed by atoms with Crippen LogP contribution in [-0.4, -0.2) is 46.6 Å². The number of benzene rings is 3. The second-order valence-corrected chi connectivity index (χ2v) is 10.7. The van der Waals surface area contributed by atoms with Crippen molar-refractivity contribution >= 4 is 29.7 Å². The topological polar surface area (TPSA) is 84.9 Å². The van der Waals surface area contributed by atoms with E-state index in [0.29, 0.717) is 5.75 Å². The molecule has 2 unspecified atom stereocenters. The number of hydrogen-bond donors (Lipinski definition) is 1. The largest absolute Gasteiger partial charge is 0.452 e. The van der Waals surface area contributed by atoms with Crippen molar-refractivity contribution < 1.29 is 23.9 Å². The quantitative estimate of drug-likeness (QED) is 0.242. The van der Waals surface area contributed by atoms with Crippen LogP contribution in [0, 0.1) is 5.41 Å². The van der Waals surface area contributed by atoms with Gasteiger partial charge in [-0.15, -0.1) is 11.8 Å². The molecule has 0 aromatic heterocycles. The fourth-order valence-corrected chi connectivity index (χ4v) is 6.42. The number of fused-ring (bicyclic) bond motifs is 1. The minimum Gasteiger partial charge on any atom is -0.452 e. The van der Waals surface area contributed by atoms with Gasteiger partial charge in [0, 0.05) is 12.3 Å². The molecule has 0 saturated carbocycles. The van der Waals surface area contributed by atoms with Crippen LogP contribution < -0.4 is 5.32 Å². The first-order chi connectivity index (χ1) is 19.0. The van der Waals surface area contributed by atoms with Gasteiger partial charge in [-0.05, 0) is 23.6 Å². The normalized spacial score (nSPS) is 22.2. The van der Waals surface area contributed by atoms with Gasteiger partial charge in [0.15, 0.2) is 6.10 Å². The maximum absolute atomic E-state index is 13.8. The van der Waals surface area contributed by atoms with Gasteiger partial charge in [-0.2, -0.15) is 0 Å². The van der Waals surface area contributed by atoms with E-state index in [2.05, 4.69) is 5.32 Å². The number of amides is 2. The molecule has 0 spiro atoms. The summed E-state index contributed by atoms with van der Waals surface area (Å²) in [5.74, 6) is -0.220. The number of nitrogens with zero attached hydrogens (tertiary/aromatic N) is 1. The molecule has 2 heterocycles. The summed E-state index contributed by atoms with van der Waals surface area (Å²) in [4.78, 5) is 40.9. The Labute approximate surface area is 232 Å². The van der Waals surface area contributed by atoms with Gasteiger partial charge >= 0.3 is 12.1 Å². The van der Waals surface area contributed by atoms with E-state index in [-0.39, 0.29) is 24.4 Å². The van der Waals surface area contributed by atoms with Crippen LogP contribution in [0.3, 0.4) is 0 Å². The van der Waals surface area contributed by atoms with E-state index in [9.17, 15) is 14.4 Å². The number of carbonyl (C=O) groups excluding carboxylic acids is 3. The van der Waals surface area contributed by atoms with E-state index in [4.69, 9.17) is 9.47 Å². The Balaban J connectivity index is 1.26. The molecule has 7 nitrogen and oxygen atoms in total. The first kappa shape index (κ1) is 26.6. The molecule has 3 atom stereocenters. The average molecular weight is 543 g/mol. The number of esters is 1. The Kier molecular flexibility index (Phi) is 8.02. The second kappa shape index (κ2) is 11.8. The Morgan fingerprint density at radius 1 is 1.00 bits per heavy atom. The van der Waals surface area contributed by atoms with Crippen LogP contribution in [0.1, 0.15) is 29.7 Å². The molecule has 3 aromatic carbocycles. The minimum atomic E-state index is -1.01. The Morgan fingerprint density at radius 3 is 2.18 bits per heavy atom. The lowest BCUT2D eigenvalue weighted by Gasteiger charge is -2.53. The zero-order valence-corrected chi connectivity index (χ0v) is 22.4. The minimum absolute atomic E-state index is 0.120. The molecule has 39 heavy (non-hydrogen) atoms. The lowest BCUT2D eigenvalue weighted by Crippen LogP contribution is -2.73. The average Bonchev–Trinajstić information content (AvgIpc) is 2.99. The third kappa shape index (κ3) is 5.71. The predicted octanol–water partition coefficient (Wildman–Crippen LogP) is 5.09. The summed E-state index contributed by atoms with van der Waals surface area (Å²) in [6.45, 7) is 2.15. The van der Waals surface area contributed by atoms with Gasteiger partial charge in [0.25, 0.3) is 0 Å². The van der Waals surface area contributed by atoms with E-state index >= 15 is 0 Å². The number of thioether (sulfide) groups is 1. The van der Waals surface area contributed by atoms with Crippen LogP contribution in [0.25, 0.3) is 0 Å². The molecule has 2 fully saturated rings. The first-order valence-corrected chi connectivity index (χ1v) is 13.9.